The topological polar surface area (TPSA) is 120 Å². The van der Waals surface area contributed by atoms with Crippen molar-refractivity contribution in [2.24, 2.45) is 10.5 Å². The van der Waals surface area contributed by atoms with Crippen LogP contribution in [0.2, 0.25) is 0 Å². The molecule has 0 amide bonds. The molecule has 0 heterocycles. The van der Waals surface area contributed by atoms with Gasteiger partial charge in [0.1, 0.15) is 0 Å². The molecule has 0 radical (unpaired) electrons. The van der Waals surface area contributed by atoms with Gasteiger partial charge in [-0.1, -0.05) is 0 Å². The van der Waals surface area contributed by atoms with Gasteiger partial charge >= 0.3 is 7.75 Å². The molecule has 0 saturated heterocycles. The molecule has 0 aromatic heterocycles. The van der Waals surface area contributed by atoms with E-state index in [0.717, 1.165) is 0 Å². The SMILES string of the molecule is [Cr].[NH-]C(N)=NP(=O)(O)O. The summed E-state index contributed by atoms with van der Waals surface area (Å²) in [6.07, 6.45) is 0. The van der Waals surface area contributed by atoms with Gasteiger partial charge in [0.15, 0.2) is 0 Å². The van der Waals surface area contributed by atoms with Crippen LogP contribution in [0.25, 0.3) is 5.73 Å². The summed E-state index contributed by atoms with van der Waals surface area (Å²) in [6.45, 7) is 0. The van der Waals surface area contributed by atoms with E-state index in [1.165, 1.54) is 0 Å². The van der Waals surface area contributed by atoms with E-state index in [2.05, 4.69) is 10.5 Å². The van der Waals surface area contributed by atoms with Crippen molar-refractivity contribution < 1.29 is 31.7 Å². The van der Waals surface area contributed by atoms with Crippen molar-refractivity contribution in [3.8, 4) is 0 Å². The Morgan fingerprint density at radius 1 is 1.67 bits per heavy atom. The molecule has 5 N–H and O–H groups in total. The third-order valence-electron chi connectivity index (χ3n) is 0.238. The van der Waals surface area contributed by atoms with E-state index >= 15 is 0 Å². The molecule has 0 saturated carbocycles. The molecule has 0 aliphatic rings. The van der Waals surface area contributed by atoms with Crippen LogP contribution in [0, 0.1) is 0 Å². The Hall–Kier alpha value is -0.0475. The smallest absolute Gasteiger partial charge is 0.381 e. The predicted molar refractivity (Wildman–Crippen MR) is 28.0 cm³/mol. The maximum absolute atomic E-state index is 9.75. The minimum atomic E-state index is -4.45. The number of nitrogens with one attached hydrogen (secondary N) is 1. The summed E-state index contributed by atoms with van der Waals surface area (Å²) in [5.41, 5.74) is 10.8. The first kappa shape index (κ1) is 11.7. The van der Waals surface area contributed by atoms with Crippen molar-refractivity contribution >= 4 is 13.7 Å². The van der Waals surface area contributed by atoms with Crippen LogP contribution in [0.3, 0.4) is 0 Å². The van der Waals surface area contributed by atoms with Crippen LogP contribution in [-0.2, 0) is 21.9 Å². The second-order valence-electron chi connectivity index (χ2n) is 0.999. The van der Waals surface area contributed by atoms with Gasteiger partial charge in [-0.3, -0.25) is 9.33 Å². The average Bonchev–Trinajstić information content (AvgIpc) is 1.21. The fourth-order valence-corrected chi connectivity index (χ4v) is 0.421. The number of nitrogens with two attached hydrogens (primary N) is 1. The summed E-state index contributed by atoms with van der Waals surface area (Å²) in [6, 6.07) is 0. The normalized spacial score (nSPS) is 12.4. The number of hydrogen-bond donors (Lipinski definition) is 3. The molecule has 0 spiro atoms. The molecular formula is CH5CrN3O3P-. The standard InChI is InChI=1S/CH5N3O3P.Cr/c2-1(3)4-8(5,6)7;/h(H5-,2,3,4,5,6,7);/q-1;. The van der Waals surface area contributed by atoms with Crippen molar-refractivity contribution in [3.05, 3.63) is 5.73 Å². The molecule has 0 unspecified atom stereocenters. The molecule has 9 heavy (non-hydrogen) atoms. The Morgan fingerprint density at radius 3 is 2.00 bits per heavy atom. The van der Waals surface area contributed by atoms with Gasteiger partial charge in [-0.25, -0.2) is 0 Å². The van der Waals surface area contributed by atoms with Gasteiger partial charge in [0.25, 0.3) is 0 Å². The van der Waals surface area contributed by atoms with Gasteiger partial charge in [0, 0.05) is 23.3 Å². The number of nitrogens with zero attached hydrogens (tertiary/aromatic N) is 1. The number of hydrogen-bond acceptors (Lipinski definition) is 1. The summed E-state index contributed by atoms with van der Waals surface area (Å²) >= 11 is 0. The van der Waals surface area contributed by atoms with Crippen LogP contribution in [0.1, 0.15) is 0 Å². The maximum Gasteiger partial charge on any atom is 0.381 e. The van der Waals surface area contributed by atoms with Crippen molar-refractivity contribution in [3.63, 3.8) is 0 Å². The molecular weight excluding hydrogens is 185 g/mol. The van der Waals surface area contributed by atoms with E-state index in [0.29, 0.717) is 0 Å². The van der Waals surface area contributed by atoms with Crippen LogP contribution in [0.5, 0.6) is 0 Å². The van der Waals surface area contributed by atoms with E-state index in [-0.39, 0.29) is 17.4 Å². The van der Waals surface area contributed by atoms with E-state index < -0.39 is 13.7 Å². The second-order valence-corrected chi connectivity index (χ2v) is 2.23. The van der Waals surface area contributed by atoms with Crippen LogP contribution in [-0.4, -0.2) is 15.7 Å². The Morgan fingerprint density at radius 2 is 2.00 bits per heavy atom. The number of guanidine groups is 1. The van der Waals surface area contributed by atoms with E-state index in [4.69, 9.17) is 15.5 Å². The maximum atomic E-state index is 9.75. The van der Waals surface area contributed by atoms with Crippen LogP contribution >= 0.6 is 7.75 Å². The van der Waals surface area contributed by atoms with Crippen LogP contribution in [0.4, 0.5) is 0 Å². The zero-order valence-corrected chi connectivity index (χ0v) is 6.35. The third-order valence-corrected chi connectivity index (χ3v) is 0.714. The predicted octanol–water partition coefficient (Wildman–Crippen LogP) is -0.556. The number of rotatable bonds is 1. The summed E-state index contributed by atoms with van der Waals surface area (Å²) in [4.78, 5) is 15.8. The monoisotopic (exact) mass is 190 g/mol. The summed E-state index contributed by atoms with van der Waals surface area (Å²) < 4.78 is 12.2. The van der Waals surface area contributed by atoms with Crippen molar-refractivity contribution in [2.45, 2.75) is 0 Å². The molecule has 0 aliphatic heterocycles. The zero-order valence-electron chi connectivity index (χ0n) is 4.18. The first-order chi connectivity index (χ1) is 3.42. The molecule has 0 atom stereocenters. The second kappa shape index (κ2) is 3.88. The Labute approximate surface area is 62.3 Å². The van der Waals surface area contributed by atoms with Crippen molar-refractivity contribution in [2.75, 3.05) is 0 Å². The molecule has 0 bridgehead atoms. The average molecular weight is 190 g/mol. The molecule has 0 aliphatic carbocycles. The van der Waals surface area contributed by atoms with Gasteiger partial charge in [0.2, 0.25) is 0 Å². The summed E-state index contributed by atoms with van der Waals surface area (Å²) in [7, 11) is -4.45. The molecule has 8 heteroatoms. The largest absolute Gasteiger partial charge is 0.453 e. The quantitative estimate of drug-likeness (QED) is 0.291. The first-order valence-electron chi connectivity index (χ1n) is 1.54. The fourth-order valence-electron chi connectivity index (χ4n) is 0.140. The van der Waals surface area contributed by atoms with Crippen molar-refractivity contribution in [1.29, 1.82) is 0 Å². The molecule has 0 aromatic carbocycles. The Kier molecular flexibility index (Phi) is 5.05. The molecule has 0 rings (SSSR count). The first-order valence-corrected chi connectivity index (χ1v) is 3.11. The fraction of sp³-hybridized carbons (Fsp3) is 0. The van der Waals surface area contributed by atoms with Crippen LogP contribution < -0.4 is 5.73 Å². The van der Waals surface area contributed by atoms with E-state index in [9.17, 15) is 4.57 Å². The van der Waals surface area contributed by atoms with Gasteiger partial charge < -0.3 is 21.3 Å². The van der Waals surface area contributed by atoms with Gasteiger partial charge in [0.05, 0.1) is 0 Å². The molecule has 6 nitrogen and oxygen atoms in total. The summed E-state index contributed by atoms with van der Waals surface area (Å²) in [5.74, 6) is -0.863. The molecule has 0 fully saturated rings. The Balaban J connectivity index is 0. The Bertz CT molecular complexity index is 147. The molecule has 0 aromatic rings. The third kappa shape index (κ3) is 11.5. The minimum Gasteiger partial charge on any atom is -0.453 e. The summed E-state index contributed by atoms with van der Waals surface area (Å²) in [5, 5.41) is 0. The van der Waals surface area contributed by atoms with Gasteiger partial charge in [-0.15, -0.1) is 0 Å². The van der Waals surface area contributed by atoms with E-state index in [1.54, 1.807) is 0 Å². The van der Waals surface area contributed by atoms with Crippen LogP contribution in [0.15, 0.2) is 4.76 Å². The van der Waals surface area contributed by atoms with Gasteiger partial charge in [-0.2, -0.15) is 0 Å². The van der Waals surface area contributed by atoms with Crippen molar-refractivity contribution in [1.82, 2.24) is 0 Å². The molecule has 54 valence electrons. The minimum absolute atomic E-state index is 0. The zero-order chi connectivity index (χ0) is 6.78. The van der Waals surface area contributed by atoms with Gasteiger partial charge in [-0.05, 0) is 0 Å². The van der Waals surface area contributed by atoms with E-state index in [1.807, 2.05) is 0 Å².